The molecule has 0 amide bonds. The third-order valence-corrected chi connectivity index (χ3v) is 5.06. The summed E-state index contributed by atoms with van der Waals surface area (Å²) < 4.78 is 0. The predicted octanol–water partition coefficient (Wildman–Crippen LogP) is 5.15. The highest BCUT2D eigenvalue weighted by Gasteiger charge is 2.19. The maximum atomic E-state index is 3.75. The Kier molecular flexibility index (Phi) is 6.22. The molecule has 18 heavy (non-hydrogen) atoms. The van der Waals surface area contributed by atoms with Crippen molar-refractivity contribution < 1.29 is 0 Å². The molecule has 1 nitrogen and oxygen atoms in total. The fourth-order valence-corrected chi connectivity index (χ4v) is 3.86. The number of thiophene rings is 1. The van der Waals surface area contributed by atoms with Crippen molar-refractivity contribution in [2.75, 3.05) is 6.54 Å². The number of hydrogen-bond acceptors (Lipinski definition) is 2. The van der Waals surface area contributed by atoms with E-state index < -0.39 is 0 Å². The van der Waals surface area contributed by atoms with Gasteiger partial charge in [0, 0.05) is 10.9 Å². The van der Waals surface area contributed by atoms with Crippen LogP contribution in [-0.4, -0.2) is 6.54 Å². The molecule has 1 aliphatic rings. The molecule has 2 heteroatoms. The summed E-state index contributed by atoms with van der Waals surface area (Å²) in [6.07, 6.45) is 11.3. The van der Waals surface area contributed by atoms with Gasteiger partial charge in [-0.3, -0.25) is 0 Å². The maximum Gasteiger partial charge on any atom is 0.0417 e. The minimum Gasteiger partial charge on any atom is -0.309 e. The molecule has 0 aromatic carbocycles. The lowest BCUT2D eigenvalue weighted by Gasteiger charge is -2.23. The summed E-state index contributed by atoms with van der Waals surface area (Å²) in [7, 11) is 0. The summed E-state index contributed by atoms with van der Waals surface area (Å²) in [6.45, 7) is 3.40. The van der Waals surface area contributed by atoms with Gasteiger partial charge < -0.3 is 5.32 Å². The van der Waals surface area contributed by atoms with E-state index in [0.29, 0.717) is 6.04 Å². The van der Waals surface area contributed by atoms with E-state index in [4.69, 9.17) is 0 Å². The van der Waals surface area contributed by atoms with Gasteiger partial charge in [-0.1, -0.05) is 51.5 Å². The molecule has 1 unspecified atom stereocenters. The lowest BCUT2D eigenvalue weighted by molar-refractivity contribution is 0.359. The molecule has 2 rings (SSSR count). The second-order valence-corrected chi connectivity index (χ2v) is 6.59. The van der Waals surface area contributed by atoms with Crippen LogP contribution in [0.5, 0.6) is 0 Å². The fourth-order valence-electron chi connectivity index (χ4n) is 3.04. The van der Waals surface area contributed by atoms with Crippen LogP contribution in [0.4, 0.5) is 0 Å². The first kappa shape index (κ1) is 14.1. The highest BCUT2D eigenvalue weighted by molar-refractivity contribution is 7.10. The molecular weight excluding hydrogens is 238 g/mol. The largest absolute Gasteiger partial charge is 0.309 e. The molecule has 0 radical (unpaired) electrons. The highest BCUT2D eigenvalue weighted by Crippen LogP contribution is 2.32. The Morgan fingerprint density at radius 1 is 1.28 bits per heavy atom. The van der Waals surface area contributed by atoms with Gasteiger partial charge in [0.25, 0.3) is 0 Å². The van der Waals surface area contributed by atoms with Crippen LogP contribution in [0.1, 0.15) is 69.2 Å². The molecule has 0 aliphatic heterocycles. The Morgan fingerprint density at radius 2 is 2.06 bits per heavy atom. The average Bonchev–Trinajstić information content (AvgIpc) is 2.80. The summed E-state index contributed by atoms with van der Waals surface area (Å²) in [4.78, 5) is 1.53. The van der Waals surface area contributed by atoms with Gasteiger partial charge in [-0.25, -0.2) is 0 Å². The number of hydrogen-bond donors (Lipinski definition) is 1. The van der Waals surface area contributed by atoms with Crippen molar-refractivity contribution in [1.29, 1.82) is 0 Å². The van der Waals surface area contributed by atoms with Gasteiger partial charge in [-0.2, -0.15) is 0 Å². The summed E-state index contributed by atoms with van der Waals surface area (Å²) in [5.41, 5.74) is 0. The maximum absolute atomic E-state index is 3.75. The van der Waals surface area contributed by atoms with Gasteiger partial charge in [-0.05, 0) is 36.8 Å². The zero-order chi connectivity index (χ0) is 12.6. The van der Waals surface area contributed by atoms with Crippen molar-refractivity contribution in [3.63, 3.8) is 0 Å². The Hall–Kier alpha value is -0.340. The third-order valence-electron chi connectivity index (χ3n) is 4.07. The highest BCUT2D eigenvalue weighted by atomic mass is 32.1. The van der Waals surface area contributed by atoms with Crippen molar-refractivity contribution in [2.24, 2.45) is 5.92 Å². The van der Waals surface area contributed by atoms with Gasteiger partial charge in [0.15, 0.2) is 0 Å². The van der Waals surface area contributed by atoms with Crippen LogP contribution in [0.15, 0.2) is 17.5 Å². The van der Waals surface area contributed by atoms with E-state index in [1.165, 1.54) is 56.2 Å². The normalized spacial score (nSPS) is 19.6. The molecule has 1 aromatic heterocycles. The Balaban J connectivity index is 1.91. The van der Waals surface area contributed by atoms with Crippen LogP contribution in [0.2, 0.25) is 0 Å². The van der Waals surface area contributed by atoms with Crippen molar-refractivity contribution in [2.45, 2.75) is 64.3 Å². The molecular formula is C16H27NS. The topological polar surface area (TPSA) is 12.0 Å². The lowest BCUT2D eigenvalue weighted by Crippen LogP contribution is -2.23. The molecule has 1 aliphatic carbocycles. The van der Waals surface area contributed by atoms with Gasteiger partial charge in [0.2, 0.25) is 0 Å². The van der Waals surface area contributed by atoms with E-state index in [-0.39, 0.29) is 0 Å². The van der Waals surface area contributed by atoms with E-state index in [9.17, 15) is 0 Å². The molecule has 1 N–H and O–H groups in total. The Labute approximate surface area is 116 Å². The number of nitrogens with one attached hydrogen (secondary N) is 1. The minimum atomic E-state index is 0.605. The fraction of sp³-hybridized carbons (Fsp3) is 0.750. The molecule has 0 saturated heterocycles. The first-order valence-corrected chi connectivity index (χ1v) is 8.55. The third kappa shape index (κ3) is 4.40. The van der Waals surface area contributed by atoms with Gasteiger partial charge in [0.1, 0.15) is 0 Å². The quantitative estimate of drug-likeness (QED) is 0.701. The molecule has 1 atom stereocenters. The predicted molar refractivity (Wildman–Crippen MR) is 81.2 cm³/mol. The van der Waals surface area contributed by atoms with E-state index in [1.54, 1.807) is 0 Å². The summed E-state index contributed by atoms with van der Waals surface area (Å²) in [6, 6.07) is 5.09. The Bertz CT molecular complexity index is 299. The van der Waals surface area contributed by atoms with Crippen LogP contribution < -0.4 is 5.32 Å². The van der Waals surface area contributed by atoms with Crippen molar-refractivity contribution >= 4 is 11.3 Å². The van der Waals surface area contributed by atoms with E-state index in [2.05, 4.69) is 29.8 Å². The van der Waals surface area contributed by atoms with Crippen LogP contribution >= 0.6 is 11.3 Å². The van der Waals surface area contributed by atoms with Crippen molar-refractivity contribution in [3.8, 4) is 0 Å². The van der Waals surface area contributed by atoms with Gasteiger partial charge in [-0.15, -0.1) is 11.3 Å². The molecule has 102 valence electrons. The molecule has 0 bridgehead atoms. The van der Waals surface area contributed by atoms with E-state index >= 15 is 0 Å². The van der Waals surface area contributed by atoms with E-state index in [1.807, 2.05) is 11.3 Å². The first-order chi connectivity index (χ1) is 8.90. The first-order valence-electron chi connectivity index (χ1n) is 7.67. The molecule has 1 aromatic rings. The second kappa shape index (κ2) is 7.96. The number of rotatable bonds is 6. The van der Waals surface area contributed by atoms with Crippen LogP contribution in [-0.2, 0) is 0 Å². The van der Waals surface area contributed by atoms with E-state index in [0.717, 1.165) is 12.5 Å². The molecule has 1 saturated carbocycles. The summed E-state index contributed by atoms with van der Waals surface area (Å²) >= 11 is 1.91. The van der Waals surface area contributed by atoms with Gasteiger partial charge >= 0.3 is 0 Å². The zero-order valence-corrected chi connectivity index (χ0v) is 12.5. The van der Waals surface area contributed by atoms with Crippen LogP contribution in [0.25, 0.3) is 0 Å². The average molecular weight is 265 g/mol. The van der Waals surface area contributed by atoms with Crippen LogP contribution in [0, 0.1) is 5.92 Å². The second-order valence-electron chi connectivity index (χ2n) is 5.62. The minimum absolute atomic E-state index is 0.605. The monoisotopic (exact) mass is 265 g/mol. The smallest absolute Gasteiger partial charge is 0.0417 e. The van der Waals surface area contributed by atoms with Crippen LogP contribution in [0.3, 0.4) is 0 Å². The standard InChI is InChI=1S/C16H27NS/c1-2-11-17-15(16-10-7-12-18-16)13-14-8-5-3-4-6-9-14/h7,10,12,14-15,17H,2-6,8-9,11,13H2,1H3. The molecule has 1 fully saturated rings. The Morgan fingerprint density at radius 3 is 2.67 bits per heavy atom. The van der Waals surface area contributed by atoms with Crippen molar-refractivity contribution in [3.05, 3.63) is 22.4 Å². The lowest BCUT2D eigenvalue weighted by atomic mass is 9.92. The zero-order valence-electron chi connectivity index (χ0n) is 11.7. The summed E-state index contributed by atoms with van der Waals surface area (Å²) in [5, 5.41) is 5.96. The summed E-state index contributed by atoms with van der Waals surface area (Å²) in [5.74, 6) is 0.948. The molecule has 0 spiro atoms. The molecule has 1 heterocycles. The SMILES string of the molecule is CCCNC(CC1CCCCCC1)c1cccs1. The van der Waals surface area contributed by atoms with Gasteiger partial charge in [0.05, 0.1) is 0 Å². The van der Waals surface area contributed by atoms with Crippen molar-refractivity contribution in [1.82, 2.24) is 5.32 Å².